The zero-order valence-electron chi connectivity index (χ0n) is 10.6. The molecular formula is C15H14Cl2NO+. The van der Waals surface area contributed by atoms with E-state index in [1.54, 1.807) is 18.2 Å². The number of ketones is 1. The number of halogens is 2. The van der Waals surface area contributed by atoms with Crippen molar-refractivity contribution >= 4 is 29.0 Å². The van der Waals surface area contributed by atoms with Gasteiger partial charge >= 0.3 is 0 Å². The molecule has 0 saturated carbocycles. The highest BCUT2D eigenvalue weighted by molar-refractivity contribution is 6.42. The second kappa shape index (κ2) is 6.18. The number of aryl methyl sites for hydroxylation is 1. The fourth-order valence-electron chi connectivity index (χ4n) is 1.81. The fourth-order valence-corrected chi connectivity index (χ4v) is 2.11. The third-order valence-corrected chi connectivity index (χ3v) is 3.63. The molecule has 1 aromatic heterocycles. The minimum absolute atomic E-state index is 0.0109. The molecule has 1 heterocycles. The number of carbonyl (C=O) groups excluding carboxylic acids is 1. The quantitative estimate of drug-likeness (QED) is 0.622. The van der Waals surface area contributed by atoms with E-state index in [1.807, 2.05) is 29.1 Å². The van der Waals surface area contributed by atoms with Crippen LogP contribution in [0.1, 0.15) is 22.8 Å². The molecular weight excluding hydrogens is 281 g/mol. The lowest BCUT2D eigenvalue weighted by Crippen LogP contribution is -2.37. The Morgan fingerprint density at radius 3 is 2.68 bits per heavy atom. The maximum Gasteiger partial charge on any atom is 0.227 e. The van der Waals surface area contributed by atoms with Crippen molar-refractivity contribution < 1.29 is 9.36 Å². The average molecular weight is 295 g/mol. The summed E-state index contributed by atoms with van der Waals surface area (Å²) in [5.74, 6) is 0.0109. The first-order valence-corrected chi connectivity index (χ1v) is 6.82. The topological polar surface area (TPSA) is 20.9 Å². The Hall–Kier alpha value is -1.38. The minimum atomic E-state index is 0.0109. The number of carbonyl (C=O) groups is 1. The Balaban J connectivity index is 2.18. The molecule has 0 spiro atoms. The van der Waals surface area contributed by atoms with Crippen LogP contribution in [-0.2, 0) is 13.0 Å². The molecule has 0 aliphatic carbocycles. The lowest BCUT2D eigenvalue weighted by molar-refractivity contribution is -0.683. The zero-order chi connectivity index (χ0) is 13.8. The van der Waals surface area contributed by atoms with Crippen LogP contribution in [0.4, 0.5) is 0 Å². The molecule has 2 aromatic rings. The van der Waals surface area contributed by atoms with Crippen LogP contribution in [0, 0.1) is 0 Å². The predicted octanol–water partition coefficient (Wildman–Crippen LogP) is 3.73. The Kier molecular flexibility index (Phi) is 4.56. The van der Waals surface area contributed by atoms with E-state index in [1.165, 1.54) is 5.56 Å². The molecule has 0 atom stereocenters. The van der Waals surface area contributed by atoms with Crippen LogP contribution in [0.5, 0.6) is 0 Å². The number of hydrogen-bond donors (Lipinski definition) is 0. The fraction of sp³-hybridized carbons (Fsp3) is 0.200. The van der Waals surface area contributed by atoms with Gasteiger partial charge in [-0.3, -0.25) is 4.79 Å². The van der Waals surface area contributed by atoms with Crippen LogP contribution in [-0.4, -0.2) is 5.78 Å². The van der Waals surface area contributed by atoms with Gasteiger partial charge in [-0.1, -0.05) is 30.1 Å². The molecule has 0 amide bonds. The van der Waals surface area contributed by atoms with Gasteiger partial charge < -0.3 is 0 Å². The number of aromatic nitrogens is 1. The molecule has 0 radical (unpaired) electrons. The maximum atomic E-state index is 12.2. The van der Waals surface area contributed by atoms with Gasteiger partial charge in [0.25, 0.3) is 0 Å². The van der Waals surface area contributed by atoms with Crippen LogP contribution in [0.15, 0.2) is 42.7 Å². The Labute approximate surface area is 122 Å². The Morgan fingerprint density at radius 2 is 2.00 bits per heavy atom. The maximum absolute atomic E-state index is 12.2. The second-order valence-corrected chi connectivity index (χ2v) is 5.10. The van der Waals surface area contributed by atoms with Crippen LogP contribution >= 0.6 is 23.2 Å². The Bertz CT molecular complexity index is 611. The van der Waals surface area contributed by atoms with Crippen molar-refractivity contribution in [3.8, 4) is 0 Å². The highest BCUT2D eigenvalue weighted by Crippen LogP contribution is 2.22. The van der Waals surface area contributed by atoms with Crippen molar-refractivity contribution in [3.63, 3.8) is 0 Å². The van der Waals surface area contributed by atoms with E-state index in [0.717, 1.165) is 6.42 Å². The van der Waals surface area contributed by atoms with Crippen molar-refractivity contribution in [1.82, 2.24) is 0 Å². The van der Waals surface area contributed by atoms with Gasteiger partial charge in [-0.05, 0) is 30.7 Å². The molecule has 0 fully saturated rings. The lowest BCUT2D eigenvalue weighted by Gasteiger charge is -2.01. The summed E-state index contributed by atoms with van der Waals surface area (Å²) < 4.78 is 1.88. The molecule has 0 aliphatic heterocycles. The molecule has 0 aliphatic rings. The summed E-state index contributed by atoms with van der Waals surface area (Å²) in [6.45, 7) is 2.38. The van der Waals surface area contributed by atoms with E-state index in [9.17, 15) is 4.79 Å². The number of hydrogen-bond acceptors (Lipinski definition) is 1. The first-order chi connectivity index (χ1) is 9.10. The first kappa shape index (κ1) is 14.0. The largest absolute Gasteiger partial charge is 0.287 e. The van der Waals surface area contributed by atoms with Gasteiger partial charge in [-0.15, -0.1) is 0 Å². The van der Waals surface area contributed by atoms with Crippen molar-refractivity contribution in [3.05, 3.63) is 63.9 Å². The van der Waals surface area contributed by atoms with Crippen LogP contribution in [0.25, 0.3) is 0 Å². The molecule has 19 heavy (non-hydrogen) atoms. The van der Waals surface area contributed by atoms with E-state index in [0.29, 0.717) is 22.2 Å². The molecule has 98 valence electrons. The highest BCUT2D eigenvalue weighted by Gasteiger charge is 2.13. The molecule has 2 nitrogen and oxygen atoms in total. The summed E-state index contributed by atoms with van der Waals surface area (Å²) in [5.41, 5.74) is 1.77. The monoisotopic (exact) mass is 294 g/mol. The van der Waals surface area contributed by atoms with Crippen molar-refractivity contribution in [2.24, 2.45) is 0 Å². The summed E-state index contributed by atoms with van der Waals surface area (Å²) in [5, 5.41) is 0.860. The van der Waals surface area contributed by atoms with Crippen LogP contribution in [0.2, 0.25) is 10.0 Å². The molecule has 2 rings (SSSR count). The van der Waals surface area contributed by atoms with Crippen molar-refractivity contribution in [2.45, 2.75) is 19.9 Å². The number of pyridine rings is 1. The summed E-state index contributed by atoms with van der Waals surface area (Å²) in [6.07, 6.45) is 4.81. The van der Waals surface area contributed by atoms with Gasteiger partial charge in [0.15, 0.2) is 12.4 Å². The second-order valence-electron chi connectivity index (χ2n) is 4.29. The van der Waals surface area contributed by atoms with E-state index < -0.39 is 0 Å². The van der Waals surface area contributed by atoms with Gasteiger partial charge in [-0.2, -0.15) is 4.57 Å². The lowest BCUT2D eigenvalue weighted by atomic mass is 10.1. The molecule has 1 aromatic carbocycles. The van der Waals surface area contributed by atoms with E-state index in [4.69, 9.17) is 23.2 Å². The summed E-state index contributed by atoms with van der Waals surface area (Å²) in [6, 6.07) is 8.93. The minimum Gasteiger partial charge on any atom is -0.287 e. The Morgan fingerprint density at radius 1 is 1.21 bits per heavy atom. The standard InChI is InChI=1S/C15H14Cl2NO/c1-2-11-4-3-7-18(9-11)10-15(19)12-5-6-13(16)14(17)8-12/h3-9H,2,10H2,1H3/q+1. The molecule has 0 unspecified atom stereocenters. The SMILES string of the molecule is CCc1ccc[n+](CC(=O)c2ccc(Cl)c(Cl)c2)c1. The predicted molar refractivity (Wildman–Crippen MR) is 76.8 cm³/mol. The number of benzene rings is 1. The van der Waals surface area contributed by atoms with Gasteiger partial charge in [0.05, 0.1) is 10.0 Å². The number of Topliss-reactive ketones (excluding diaryl/α,β-unsaturated/α-hetero) is 1. The van der Waals surface area contributed by atoms with Crippen LogP contribution < -0.4 is 4.57 Å². The van der Waals surface area contributed by atoms with Crippen molar-refractivity contribution in [2.75, 3.05) is 0 Å². The smallest absolute Gasteiger partial charge is 0.227 e. The third kappa shape index (κ3) is 3.55. The van der Waals surface area contributed by atoms with E-state index >= 15 is 0 Å². The third-order valence-electron chi connectivity index (χ3n) is 2.90. The van der Waals surface area contributed by atoms with Gasteiger partial charge in [0, 0.05) is 17.2 Å². The van der Waals surface area contributed by atoms with E-state index in [2.05, 4.69) is 6.92 Å². The van der Waals surface area contributed by atoms with Gasteiger partial charge in [0.1, 0.15) is 0 Å². The van der Waals surface area contributed by atoms with Gasteiger partial charge in [-0.25, -0.2) is 0 Å². The number of rotatable bonds is 4. The molecule has 4 heteroatoms. The van der Waals surface area contributed by atoms with Crippen LogP contribution in [0.3, 0.4) is 0 Å². The molecule has 0 N–H and O–H groups in total. The van der Waals surface area contributed by atoms with Crippen molar-refractivity contribution in [1.29, 1.82) is 0 Å². The average Bonchev–Trinajstić information content (AvgIpc) is 2.42. The first-order valence-electron chi connectivity index (χ1n) is 6.06. The highest BCUT2D eigenvalue weighted by atomic mass is 35.5. The van der Waals surface area contributed by atoms with E-state index in [-0.39, 0.29) is 5.78 Å². The summed E-state index contributed by atoms with van der Waals surface area (Å²) >= 11 is 11.8. The van der Waals surface area contributed by atoms with Gasteiger partial charge in [0.2, 0.25) is 12.3 Å². The normalized spacial score (nSPS) is 10.5. The zero-order valence-corrected chi connectivity index (χ0v) is 12.1. The number of nitrogens with zero attached hydrogens (tertiary/aromatic N) is 1. The summed E-state index contributed by atoms with van der Waals surface area (Å²) in [4.78, 5) is 12.2. The molecule has 0 saturated heterocycles. The summed E-state index contributed by atoms with van der Waals surface area (Å²) in [7, 11) is 0. The molecule has 0 bridgehead atoms.